The number of ether oxygens (including phenoxy) is 1. The van der Waals surface area contributed by atoms with E-state index in [-0.39, 0.29) is 34.7 Å². The topological polar surface area (TPSA) is 92.8 Å². The van der Waals surface area contributed by atoms with E-state index in [0.717, 1.165) is 11.3 Å². The summed E-state index contributed by atoms with van der Waals surface area (Å²) in [5.74, 6) is -0.605. The van der Waals surface area contributed by atoms with Gasteiger partial charge in [0.15, 0.2) is 0 Å². The summed E-state index contributed by atoms with van der Waals surface area (Å²) < 4.78 is 33.6. The standard InChI is InChI=1S/C22H25ClN2O5S2/c1-14(2)8-9-19(26)25-11-10-16-18(13-25)31-22(20(16)21(27)30-3)32(28,29)24-12-15-6-4-5-7-17(15)23/h4-9,14,24H,10-13H2,1-3H3. The number of rotatable bonds is 7. The minimum atomic E-state index is -4.02. The number of thiophene rings is 1. The number of carbonyl (C=O) groups excluding carboxylic acids is 2. The molecule has 1 aliphatic heterocycles. The molecular formula is C22H25ClN2O5S2. The van der Waals surface area contributed by atoms with Crippen LogP contribution in [0.15, 0.2) is 40.6 Å². The molecule has 1 aromatic heterocycles. The molecule has 0 fully saturated rings. The van der Waals surface area contributed by atoms with Crippen molar-refractivity contribution >= 4 is 44.8 Å². The van der Waals surface area contributed by atoms with Crippen LogP contribution in [0.1, 0.15) is 40.2 Å². The average molecular weight is 497 g/mol. The molecule has 1 amide bonds. The second-order valence-corrected chi connectivity index (χ2v) is 11.2. The molecule has 2 aromatic rings. The van der Waals surface area contributed by atoms with Crippen LogP contribution in [-0.2, 0) is 39.1 Å². The van der Waals surface area contributed by atoms with Gasteiger partial charge in [0.25, 0.3) is 10.0 Å². The van der Waals surface area contributed by atoms with E-state index in [4.69, 9.17) is 16.3 Å². The highest BCUT2D eigenvalue weighted by Gasteiger charge is 2.34. The molecule has 0 radical (unpaired) electrons. The van der Waals surface area contributed by atoms with Gasteiger partial charge in [0, 0.05) is 23.0 Å². The van der Waals surface area contributed by atoms with Crippen LogP contribution >= 0.6 is 22.9 Å². The number of sulfonamides is 1. The second kappa shape index (κ2) is 10.2. The number of nitrogens with one attached hydrogen (secondary N) is 1. The Kier molecular flexibility index (Phi) is 7.76. The zero-order valence-corrected chi connectivity index (χ0v) is 20.4. The largest absolute Gasteiger partial charge is 0.465 e. The molecule has 3 rings (SSSR count). The van der Waals surface area contributed by atoms with E-state index in [0.29, 0.717) is 34.0 Å². The number of benzene rings is 1. The number of carbonyl (C=O) groups is 2. The van der Waals surface area contributed by atoms with Crippen molar-refractivity contribution in [3.63, 3.8) is 0 Å². The molecule has 1 aliphatic rings. The van der Waals surface area contributed by atoms with E-state index < -0.39 is 16.0 Å². The number of esters is 1. The Hall–Kier alpha value is -2.20. The quantitative estimate of drug-likeness (QED) is 0.465. The first kappa shape index (κ1) is 24.4. The van der Waals surface area contributed by atoms with Crippen molar-refractivity contribution in [1.82, 2.24) is 9.62 Å². The number of fused-ring (bicyclic) bond motifs is 1. The Balaban J connectivity index is 1.91. The maximum absolute atomic E-state index is 13.1. The molecule has 0 unspecified atom stereocenters. The van der Waals surface area contributed by atoms with Gasteiger partial charge in [-0.1, -0.05) is 49.7 Å². The first-order valence-electron chi connectivity index (χ1n) is 10.1. The summed E-state index contributed by atoms with van der Waals surface area (Å²) in [5.41, 5.74) is 1.29. The molecule has 0 bridgehead atoms. The molecular weight excluding hydrogens is 472 g/mol. The zero-order chi connectivity index (χ0) is 23.5. The van der Waals surface area contributed by atoms with Gasteiger partial charge in [-0.05, 0) is 35.6 Å². The van der Waals surface area contributed by atoms with Gasteiger partial charge in [0.2, 0.25) is 5.91 Å². The van der Waals surface area contributed by atoms with Crippen LogP contribution in [0.4, 0.5) is 0 Å². The first-order valence-corrected chi connectivity index (χ1v) is 12.7. The molecule has 10 heteroatoms. The molecule has 7 nitrogen and oxygen atoms in total. The van der Waals surface area contributed by atoms with Crippen molar-refractivity contribution in [1.29, 1.82) is 0 Å². The highest BCUT2D eigenvalue weighted by Crippen LogP contribution is 2.37. The average Bonchev–Trinajstić information content (AvgIpc) is 3.16. The van der Waals surface area contributed by atoms with Gasteiger partial charge < -0.3 is 9.64 Å². The van der Waals surface area contributed by atoms with Crippen molar-refractivity contribution in [2.45, 2.75) is 37.6 Å². The van der Waals surface area contributed by atoms with Crippen molar-refractivity contribution in [3.05, 3.63) is 63.0 Å². The lowest BCUT2D eigenvalue weighted by atomic mass is 10.0. The van der Waals surface area contributed by atoms with Crippen LogP contribution in [0.3, 0.4) is 0 Å². The number of allylic oxidation sites excluding steroid dienone is 1. The van der Waals surface area contributed by atoms with Crippen LogP contribution in [0.2, 0.25) is 5.02 Å². The van der Waals surface area contributed by atoms with Crippen molar-refractivity contribution in [2.75, 3.05) is 13.7 Å². The Labute approximate surface area is 197 Å². The van der Waals surface area contributed by atoms with Crippen LogP contribution in [0, 0.1) is 5.92 Å². The van der Waals surface area contributed by atoms with Gasteiger partial charge >= 0.3 is 5.97 Å². The van der Waals surface area contributed by atoms with E-state index in [9.17, 15) is 18.0 Å². The van der Waals surface area contributed by atoms with Crippen molar-refractivity contribution in [2.24, 2.45) is 5.92 Å². The molecule has 32 heavy (non-hydrogen) atoms. The Morgan fingerprint density at radius 3 is 2.69 bits per heavy atom. The fourth-order valence-electron chi connectivity index (χ4n) is 3.32. The van der Waals surface area contributed by atoms with Crippen LogP contribution in [-0.4, -0.2) is 38.8 Å². The van der Waals surface area contributed by atoms with Crippen LogP contribution in [0.25, 0.3) is 0 Å². The van der Waals surface area contributed by atoms with E-state index in [1.54, 1.807) is 29.2 Å². The number of hydrogen-bond donors (Lipinski definition) is 1. The first-order chi connectivity index (χ1) is 15.1. The predicted octanol–water partition coefficient (Wildman–Crippen LogP) is 3.76. The number of methoxy groups -OCH3 is 1. The van der Waals surface area contributed by atoms with E-state index in [1.807, 2.05) is 19.9 Å². The zero-order valence-electron chi connectivity index (χ0n) is 18.1. The molecule has 0 aliphatic carbocycles. The molecule has 0 spiro atoms. The molecule has 172 valence electrons. The van der Waals surface area contributed by atoms with E-state index in [2.05, 4.69) is 4.72 Å². The van der Waals surface area contributed by atoms with Gasteiger partial charge in [-0.15, -0.1) is 11.3 Å². The summed E-state index contributed by atoms with van der Waals surface area (Å²) >= 11 is 7.12. The maximum atomic E-state index is 13.1. The molecule has 0 saturated heterocycles. The molecule has 2 heterocycles. The Morgan fingerprint density at radius 1 is 1.31 bits per heavy atom. The minimum absolute atomic E-state index is 0.0181. The fourth-order valence-corrected chi connectivity index (χ4v) is 6.48. The molecule has 0 atom stereocenters. The molecule has 0 saturated carbocycles. The fraction of sp³-hybridized carbons (Fsp3) is 0.364. The lowest BCUT2D eigenvalue weighted by molar-refractivity contribution is -0.126. The lowest BCUT2D eigenvalue weighted by Crippen LogP contribution is -2.34. The highest BCUT2D eigenvalue weighted by atomic mass is 35.5. The monoisotopic (exact) mass is 496 g/mol. The minimum Gasteiger partial charge on any atom is -0.465 e. The van der Waals surface area contributed by atoms with Gasteiger partial charge in [0.1, 0.15) is 4.21 Å². The summed E-state index contributed by atoms with van der Waals surface area (Å²) in [6, 6.07) is 6.92. The lowest BCUT2D eigenvalue weighted by Gasteiger charge is -2.26. The van der Waals surface area contributed by atoms with Gasteiger partial charge in [-0.2, -0.15) is 0 Å². The molecule has 1 aromatic carbocycles. The summed E-state index contributed by atoms with van der Waals surface area (Å²) in [6.07, 6.45) is 3.73. The summed E-state index contributed by atoms with van der Waals surface area (Å²) in [5, 5.41) is 0.442. The number of amides is 1. The summed E-state index contributed by atoms with van der Waals surface area (Å²) in [7, 11) is -2.81. The Morgan fingerprint density at radius 2 is 2.03 bits per heavy atom. The van der Waals surface area contributed by atoms with Gasteiger partial charge in [-0.3, -0.25) is 4.79 Å². The van der Waals surface area contributed by atoms with Crippen molar-refractivity contribution < 1.29 is 22.7 Å². The highest BCUT2D eigenvalue weighted by molar-refractivity contribution is 7.91. The summed E-state index contributed by atoms with van der Waals surface area (Å²) in [6.45, 7) is 4.57. The second-order valence-electron chi connectivity index (χ2n) is 7.69. The normalized spacial score (nSPS) is 14.1. The Bertz CT molecular complexity index is 1160. The van der Waals surface area contributed by atoms with Crippen LogP contribution in [0.5, 0.6) is 0 Å². The van der Waals surface area contributed by atoms with Gasteiger partial charge in [-0.25, -0.2) is 17.9 Å². The third-order valence-electron chi connectivity index (χ3n) is 5.00. The van der Waals surface area contributed by atoms with E-state index in [1.165, 1.54) is 13.2 Å². The maximum Gasteiger partial charge on any atom is 0.340 e. The van der Waals surface area contributed by atoms with E-state index >= 15 is 0 Å². The molecule has 1 N–H and O–H groups in total. The summed E-state index contributed by atoms with van der Waals surface area (Å²) in [4.78, 5) is 27.3. The number of halogens is 1. The smallest absolute Gasteiger partial charge is 0.340 e. The number of hydrogen-bond acceptors (Lipinski definition) is 6. The SMILES string of the molecule is COC(=O)c1c(S(=O)(=O)NCc2ccccc2Cl)sc2c1CCN(C(=O)C=CC(C)C)C2. The predicted molar refractivity (Wildman–Crippen MR) is 124 cm³/mol. The third kappa shape index (κ3) is 5.40. The van der Waals surface area contributed by atoms with Crippen LogP contribution < -0.4 is 4.72 Å². The third-order valence-corrected chi connectivity index (χ3v) is 8.51. The van der Waals surface area contributed by atoms with Gasteiger partial charge in [0.05, 0.1) is 19.2 Å². The number of nitrogens with zero attached hydrogens (tertiary/aromatic N) is 1. The van der Waals surface area contributed by atoms with Crippen molar-refractivity contribution in [3.8, 4) is 0 Å².